The molecule has 0 aliphatic heterocycles. The van der Waals surface area contributed by atoms with Gasteiger partial charge in [0.1, 0.15) is 18.0 Å². The quantitative estimate of drug-likeness (QED) is 0.777. The lowest BCUT2D eigenvalue weighted by Gasteiger charge is -2.14. The number of fused-ring (bicyclic) bond motifs is 2. The van der Waals surface area contributed by atoms with Gasteiger partial charge in [-0.1, -0.05) is 24.3 Å². The van der Waals surface area contributed by atoms with Crippen LogP contribution in [0.4, 0.5) is 11.6 Å². The third-order valence-electron chi connectivity index (χ3n) is 4.17. The van der Waals surface area contributed by atoms with Crippen LogP contribution in [0.25, 0.3) is 10.9 Å². The Morgan fingerprint density at radius 2 is 1.82 bits per heavy atom. The summed E-state index contributed by atoms with van der Waals surface area (Å²) in [6.07, 6.45) is 5.43. The minimum Gasteiger partial charge on any atom is -0.373 e. The topological polar surface area (TPSA) is 62.7 Å². The third-order valence-corrected chi connectivity index (χ3v) is 4.17. The highest BCUT2D eigenvalue weighted by atomic mass is 15.0. The average Bonchev–Trinajstić information content (AvgIpc) is 2.97. The van der Waals surface area contributed by atoms with Gasteiger partial charge >= 0.3 is 0 Å². The Morgan fingerprint density at radius 1 is 1.05 bits per heavy atom. The van der Waals surface area contributed by atoms with E-state index in [4.69, 9.17) is 0 Å². The fourth-order valence-corrected chi connectivity index (χ4v) is 3.07. The summed E-state index contributed by atoms with van der Waals surface area (Å²) in [4.78, 5) is 13.0. The average molecular weight is 291 g/mol. The minimum atomic E-state index is 0.377. The van der Waals surface area contributed by atoms with Crippen molar-refractivity contribution in [3.05, 3.63) is 54.0 Å². The Labute approximate surface area is 128 Å². The SMILES string of the molecule is CNc1cc2c(NC3Cc4ccccc4C3)ncnc2cn1. The van der Waals surface area contributed by atoms with Crippen LogP contribution in [0.2, 0.25) is 0 Å². The lowest BCUT2D eigenvalue weighted by molar-refractivity contribution is 0.770. The Balaban J connectivity index is 1.65. The van der Waals surface area contributed by atoms with Gasteiger partial charge in [0.2, 0.25) is 0 Å². The molecule has 110 valence electrons. The van der Waals surface area contributed by atoms with Gasteiger partial charge in [0.15, 0.2) is 0 Å². The zero-order valence-corrected chi connectivity index (χ0v) is 12.4. The minimum absolute atomic E-state index is 0.377. The zero-order valence-electron chi connectivity index (χ0n) is 12.4. The first-order chi connectivity index (χ1) is 10.8. The number of nitrogens with one attached hydrogen (secondary N) is 2. The summed E-state index contributed by atoms with van der Waals surface area (Å²) >= 11 is 0. The molecule has 2 N–H and O–H groups in total. The van der Waals surface area contributed by atoms with E-state index in [1.807, 2.05) is 13.1 Å². The molecule has 1 aliphatic rings. The molecule has 0 fully saturated rings. The first-order valence-corrected chi connectivity index (χ1v) is 7.45. The molecule has 0 atom stereocenters. The Morgan fingerprint density at radius 3 is 2.55 bits per heavy atom. The summed E-state index contributed by atoms with van der Waals surface area (Å²) < 4.78 is 0. The van der Waals surface area contributed by atoms with E-state index in [0.29, 0.717) is 6.04 Å². The number of hydrogen-bond donors (Lipinski definition) is 2. The molecular weight excluding hydrogens is 274 g/mol. The molecule has 0 bridgehead atoms. The molecule has 1 aliphatic carbocycles. The van der Waals surface area contributed by atoms with Crippen molar-refractivity contribution in [2.24, 2.45) is 0 Å². The zero-order chi connectivity index (χ0) is 14.9. The van der Waals surface area contributed by atoms with Crippen molar-refractivity contribution in [1.82, 2.24) is 15.0 Å². The van der Waals surface area contributed by atoms with E-state index in [2.05, 4.69) is 49.9 Å². The fourth-order valence-electron chi connectivity index (χ4n) is 3.07. The van der Waals surface area contributed by atoms with Crippen LogP contribution in [-0.4, -0.2) is 28.0 Å². The predicted molar refractivity (Wildman–Crippen MR) is 88.1 cm³/mol. The first kappa shape index (κ1) is 13.0. The lowest BCUT2D eigenvalue weighted by atomic mass is 10.1. The number of hydrogen-bond acceptors (Lipinski definition) is 5. The van der Waals surface area contributed by atoms with Crippen LogP contribution in [0.15, 0.2) is 42.9 Å². The maximum absolute atomic E-state index is 4.43. The van der Waals surface area contributed by atoms with Gasteiger partial charge in [-0.05, 0) is 30.0 Å². The van der Waals surface area contributed by atoms with Gasteiger partial charge in [-0.25, -0.2) is 15.0 Å². The van der Waals surface area contributed by atoms with Crippen LogP contribution in [0.3, 0.4) is 0 Å². The lowest BCUT2D eigenvalue weighted by Crippen LogP contribution is -2.20. The molecule has 2 heterocycles. The van der Waals surface area contributed by atoms with Crippen LogP contribution in [0.1, 0.15) is 11.1 Å². The van der Waals surface area contributed by atoms with Crippen molar-refractivity contribution in [2.45, 2.75) is 18.9 Å². The summed E-state index contributed by atoms with van der Waals surface area (Å²) in [5, 5.41) is 7.63. The molecule has 22 heavy (non-hydrogen) atoms. The van der Waals surface area contributed by atoms with E-state index in [1.54, 1.807) is 12.5 Å². The molecule has 0 unspecified atom stereocenters. The molecule has 0 radical (unpaired) electrons. The Kier molecular flexibility index (Phi) is 3.11. The number of benzene rings is 1. The molecule has 0 spiro atoms. The molecule has 4 rings (SSSR count). The second-order valence-electron chi connectivity index (χ2n) is 5.58. The van der Waals surface area contributed by atoms with Crippen LogP contribution in [-0.2, 0) is 12.8 Å². The van der Waals surface area contributed by atoms with E-state index < -0.39 is 0 Å². The summed E-state index contributed by atoms with van der Waals surface area (Å²) in [7, 11) is 1.86. The maximum atomic E-state index is 4.43. The predicted octanol–water partition coefficient (Wildman–Crippen LogP) is 2.65. The summed E-state index contributed by atoms with van der Waals surface area (Å²) in [6, 6.07) is 11.0. The first-order valence-electron chi connectivity index (χ1n) is 7.45. The van der Waals surface area contributed by atoms with Crippen LogP contribution in [0, 0.1) is 0 Å². The number of aromatic nitrogens is 3. The van der Waals surface area contributed by atoms with Gasteiger partial charge in [-0.15, -0.1) is 0 Å². The van der Waals surface area contributed by atoms with Crippen LogP contribution >= 0.6 is 0 Å². The van der Waals surface area contributed by atoms with Crippen LogP contribution < -0.4 is 10.6 Å². The van der Waals surface area contributed by atoms with E-state index in [0.717, 1.165) is 35.4 Å². The second-order valence-corrected chi connectivity index (χ2v) is 5.58. The molecule has 1 aromatic carbocycles. The monoisotopic (exact) mass is 291 g/mol. The smallest absolute Gasteiger partial charge is 0.137 e. The molecule has 2 aromatic heterocycles. The molecule has 3 aromatic rings. The van der Waals surface area contributed by atoms with Crippen molar-refractivity contribution < 1.29 is 0 Å². The second kappa shape index (κ2) is 5.26. The number of rotatable bonds is 3. The Hall–Kier alpha value is -2.69. The number of anilines is 2. The molecule has 5 heteroatoms. The molecule has 5 nitrogen and oxygen atoms in total. The van der Waals surface area contributed by atoms with E-state index >= 15 is 0 Å². The largest absolute Gasteiger partial charge is 0.373 e. The highest BCUT2D eigenvalue weighted by Gasteiger charge is 2.21. The van der Waals surface area contributed by atoms with E-state index in [-0.39, 0.29) is 0 Å². The van der Waals surface area contributed by atoms with E-state index in [9.17, 15) is 0 Å². The fraction of sp³-hybridized carbons (Fsp3) is 0.235. The van der Waals surface area contributed by atoms with Gasteiger partial charge < -0.3 is 10.6 Å². The van der Waals surface area contributed by atoms with Crippen molar-refractivity contribution in [2.75, 3.05) is 17.7 Å². The summed E-state index contributed by atoms with van der Waals surface area (Å²) in [6.45, 7) is 0. The molecule has 0 amide bonds. The van der Waals surface area contributed by atoms with Crippen molar-refractivity contribution in [3.8, 4) is 0 Å². The number of nitrogens with zero attached hydrogens (tertiary/aromatic N) is 3. The van der Waals surface area contributed by atoms with Crippen LogP contribution in [0.5, 0.6) is 0 Å². The van der Waals surface area contributed by atoms with Gasteiger partial charge in [0.05, 0.1) is 11.7 Å². The van der Waals surface area contributed by atoms with Gasteiger partial charge in [0.25, 0.3) is 0 Å². The summed E-state index contributed by atoms with van der Waals surface area (Å²) in [5.41, 5.74) is 3.71. The van der Waals surface area contributed by atoms with Crippen molar-refractivity contribution >= 4 is 22.5 Å². The Bertz CT molecular complexity index is 805. The van der Waals surface area contributed by atoms with Crippen molar-refractivity contribution in [1.29, 1.82) is 0 Å². The van der Waals surface area contributed by atoms with Gasteiger partial charge in [-0.3, -0.25) is 0 Å². The normalized spacial score (nSPS) is 14.0. The standard InChI is InChI=1S/C17H17N5/c1-18-16-8-14-15(9-19-16)20-10-21-17(14)22-13-6-11-4-2-3-5-12(11)7-13/h2-5,8-10,13H,6-7H2,1H3,(H,18,19)(H,20,21,22). The highest BCUT2D eigenvalue weighted by Crippen LogP contribution is 2.27. The summed E-state index contributed by atoms with van der Waals surface area (Å²) in [5.74, 6) is 1.70. The van der Waals surface area contributed by atoms with E-state index in [1.165, 1.54) is 11.1 Å². The van der Waals surface area contributed by atoms with Gasteiger partial charge in [0, 0.05) is 18.5 Å². The maximum Gasteiger partial charge on any atom is 0.137 e. The van der Waals surface area contributed by atoms with Gasteiger partial charge in [-0.2, -0.15) is 0 Å². The molecule has 0 saturated carbocycles. The number of pyridine rings is 1. The highest BCUT2D eigenvalue weighted by molar-refractivity contribution is 5.90. The molecular formula is C17H17N5. The molecule has 0 saturated heterocycles. The van der Waals surface area contributed by atoms with Crippen molar-refractivity contribution in [3.63, 3.8) is 0 Å². The third kappa shape index (κ3) is 2.24.